The van der Waals surface area contributed by atoms with Gasteiger partial charge in [0.05, 0.1) is 6.26 Å². The van der Waals surface area contributed by atoms with Gasteiger partial charge < -0.3 is 0 Å². The molecule has 0 spiro atoms. The van der Waals surface area contributed by atoms with E-state index in [-0.39, 0.29) is 5.91 Å². The van der Waals surface area contributed by atoms with E-state index in [0.29, 0.717) is 6.42 Å². The monoisotopic (exact) mass is 415 g/mol. The minimum Gasteiger partial charge on any atom is -0.274 e. The van der Waals surface area contributed by atoms with E-state index < -0.39 is 10.0 Å². The first-order valence-electron chi connectivity index (χ1n) is 10.7. The van der Waals surface area contributed by atoms with Crippen molar-refractivity contribution in [1.82, 2.24) is 4.72 Å². The molecule has 4 nitrogen and oxygen atoms in total. The average Bonchev–Trinajstić information content (AvgIpc) is 3.14. The number of hydrogen-bond donors (Lipinski definition) is 1. The van der Waals surface area contributed by atoms with E-state index in [1.54, 1.807) is 0 Å². The fraction of sp³-hybridized carbons (Fsp3) is 0.857. The summed E-state index contributed by atoms with van der Waals surface area (Å²) in [6.07, 6.45) is 19.8. The van der Waals surface area contributed by atoms with Gasteiger partial charge in [-0.15, -0.1) is 0 Å². The maximum Gasteiger partial charge on any atom is 0.233 e. The van der Waals surface area contributed by atoms with Crippen LogP contribution in [0.2, 0.25) is 0 Å². The summed E-state index contributed by atoms with van der Waals surface area (Å²) < 4.78 is 24.1. The largest absolute Gasteiger partial charge is 0.274 e. The number of allylic oxidation sites excluding steroid dienone is 2. The number of nitrogens with one attached hydrogen (secondary N) is 1. The predicted molar refractivity (Wildman–Crippen MR) is 115 cm³/mol. The Morgan fingerprint density at radius 1 is 1.15 bits per heavy atom. The van der Waals surface area contributed by atoms with Gasteiger partial charge in [0.15, 0.2) is 0 Å². The van der Waals surface area contributed by atoms with Crippen molar-refractivity contribution < 1.29 is 13.2 Å². The lowest BCUT2D eigenvalue weighted by Gasteiger charge is -2.14. The fourth-order valence-corrected chi connectivity index (χ4v) is 6.90. The zero-order valence-corrected chi connectivity index (χ0v) is 18.6. The number of unbranched alkanes of at least 4 members (excludes halogenated alkanes) is 5. The highest BCUT2D eigenvalue weighted by molar-refractivity contribution is 8.00. The van der Waals surface area contributed by atoms with Gasteiger partial charge in [0.25, 0.3) is 0 Å². The number of fused-ring (bicyclic) bond motifs is 1. The van der Waals surface area contributed by atoms with Crippen molar-refractivity contribution in [3.05, 3.63) is 12.2 Å². The Morgan fingerprint density at radius 3 is 2.70 bits per heavy atom. The van der Waals surface area contributed by atoms with Gasteiger partial charge in [0.1, 0.15) is 0 Å². The van der Waals surface area contributed by atoms with E-state index in [1.165, 1.54) is 51.4 Å². The third-order valence-corrected chi connectivity index (χ3v) is 8.15. The average molecular weight is 416 g/mol. The fourth-order valence-electron chi connectivity index (χ4n) is 4.46. The van der Waals surface area contributed by atoms with E-state index in [4.69, 9.17) is 0 Å². The second-order valence-corrected chi connectivity index (χ2v) is 11.6. The first-order valence-corrected chi connectivity index (χ1v) is 13.5. The third-order valence-electron chi connectivity index (χ3n) is 5.80. The van der Waals surface area contributed by atoms with Crippen molar-refractivity contribution in [3.8, 4) is 0 Å². The van der Waals surface area contributed by atoms with E-state index in [1.807, 2.05) is 4.72 Å². The first kappa shape index (κ1) is 22.8. The molecule has 4 atom stereocenters. The Bertz CT molecular complexity index is 588. The standard InChI is InChI=1S/C21H37NO3S2/c1-3-4-5-6-7-8-11-17-14-15-20-19(17)16-18(26-20)12-9-10-13-21(23)22-27(2,24)25/h8,11,17-20H,3-7,9-10,12-16H2,1-2H3,(H,22,23)/b11-8+/t17-,18?,19+,20+/m0/s1. The van der Waals surface area contributed by atoms with E-state index in [0.717, 1.165) is 47.9 Å². The molecule has 1 aliphatic heterocycles. The van der Waals surface area contributed by atoms with Gasteiger partial charge in [0.2, 0.25) is 15.9 Å². The minimum absolute atomic E-state index is 0.306. The number of sulfonamides is 1. The summed E-state index contributed by atoms with van der Waals surface area (Å²) in [4.78, 5) is 11.5. The molecule has 0 bridgehead atoms. The zero-order valence-electron chi connectivity index (χ0n) is 17.0. The Hall–Kier alpha value is -0.490. The maximum absolute atomic E-state index is 11.5. The second kappa shape index (κ2) is 11.5. The van der Waals surface area contributed by atoms with Crippen LogP contribution in [0.5, 0.6) is 0 Å². The van der Waals surface area contributed by atoms with Crippen molar-refractivity contribution in [2.24, 2.45) is 11.8 Å². The summed E-state index contributed by atoms with van der Waals surface area (Å²) >= 11 is 2.17. The third kappa shape index (κ3) is 8.59. The summed E-state index contributed by atoms with van der Waals surface area (Å²) in [5, 5.41) is 1.55. The molecular formula is C21H37NO3S2. The predicted octanol–water partition coefficient (Wildman–Crippen LogP) is 5.05. The normalized spacial score (nSPS) is 27.9. The van der Waals surface area contributed by atoms with Gasteiger partial charge >= 0.3 is 0 Å². The minimum atomic E-state index is -3.42. The zero-order chi connectivity index (χ0) is 19.7. The number of hydrogen-bond acceptors (Lipinski definition) is 4. The maximum atomic E-state index is 11.5. The highest BCUT2D eigenvalue weighted by atomic mass is 32.2. The van der Waals surface area contributed by atoms with Gasteiger partial charge in [-0.2, -0.15) is 11.8 Å². The molecule has 2 aliphatic rings. The highest BCUT2D eigenvalue weighted by Gasteiger charge is 2.42. The van der Waals surface area contributed by atoms with E-state index in [9.17, 15) is 13.2 Å². The Morgan fingerprint density at radius 2 is 1.96 bits per heavy atom. The van der Waals surface area contributed by atoms with Crippen LogP contribution in [0, 0.1) is 11.8 Å². The Balaban J connectivity index is 1.61. The lowest BCUT2D eigenvalue weighted by Crippen LogP contribution is -2.28. The van der Waals surface area contributed by atoms with E-state index in [2.05, 4.69) is 30.8 Å². The molecule has 2 fully saturated rings. The van der Waals surface area contributed by atoms with Crippen LogP contribution < -0.4 is 4.72 Å². The molecule has 1 aliphatic carbocycles. The van der Waals surface area contributed by atoms with Crippen LogP contribution in [0.15, 0.2) is 12.2 Å². The van der Waals surface area contributed by atoms with Gasteiger partial charge in [-0.1, -0.05) is 44.8 Å². The van der Waals surface area contributed by atoms with Crippen molar-refractivity contribution in [1.29, 1.82) is 0 Å². The summed E-state index contributed by atoms with van der Waals surface area (Å²) in [7, 11) is -3.42. The number of amides is 1. The molecule has 1 saturated heterocycles. The summed E-state index contributed by atoms with van der Waals surface area (Å²) in [5.74, 6) is 1.25. The van der Waals surface area contributed by atoms with E-state index >= 15 is 0 Å². The molecule has 156 valence electrons. The number of rotatable bonds is 12. The summed E-state index contributed by atoms with van der Waals surface area (Å²) in [6.45, 7) is 2.26. The Labute approximate surface area is 170 Å². The number of carbonyl (C=O) groups excluding carboxylic acids is 1. The van der Waals surface area contributed by atoms with Gasteiger partial charge in [-0.3, -0.25) is 9.52 Å². The molecule has 6 heteroatoms. The molecular weight excluding hydrogens is 378 g/mol. The van der Waals surface area contributed by atoms with Gasteiger partial charge in [-0.05, 0) is 56.8 Å². The molecule has 0 radical (unpaired) electrons. The highest BCUT2D eigenvalue weighted by Crippen LogP contribution is 2.52. The second-order valence-electron chi connectivity index (χ2n) is 8.26. The smallest absolute Gasteiger partial charge is 0.233 e. The molecule has 27 heavy (non-hydrogen) atoms. The van der Waals surface area contributed by atoms with Gasteiger partial charge in [0, 0.05) is 16.9 Å². The molecule has 2 rings (SSSR count). The molecule has 0 aromatic heterocycles. The van der Waals surface area contributed by atoms with Crippen LogP contribution in [0.1, 0.15) is 84.0 Å². The molecule has 1 N–H and O–H groups in total. The molecule has 0 aromatic rings. The van der Waals surface area contributed by atoms with Crippen LogP contribution in [-0.4, -0.2) is 31.1 Å². The summed E-state index contributed by atoms with van der Waals surface area (Å²) in [6, 6.07) is 0. The Kier molecular flexibility index (Phi) is 9.71. The molecule has 1 unspecified atom stereocenters. The lowest BCUT2D eigenvalue weighted by molar-refractivity contribution is -0.119. The molecule has 1 heterocycles. The molecule has 1 saturated carbocycles. The lowest BCUT2D eigenvalue weighted by atomic mass is 9.90. The molecule has 1 amide bonds. The van der Waals surface area contributed by atoms with Crippen LogP contribution in [-0.2, 0) is 14.8 Å². The van der Waals surface area contributed by atoms with Crippen molar-refractivity contribution >= 4 is 27.7 Å². The van der Waals surface area contributed by atoms with Crippen molar-refractivity contribution in [3.63, 3.8) is 0 Å². The van der Waals surface area contributed by atoms with Gasteiger partial charge in [-0.25, -0.2) is 8.42 Å². The number of thioether (sulfide) groups is 1. The van der Waals surface area contributed by atoms with Crippen LogP contribution in [0.3, 0.4) is 0 Å². The SMILES string of the molecule is CCCCCC/C=C/[C@H]1CC[C@H]2SC(CCCCC(=O)NS(C)(=O)=O)C[C@H]12. The van der Waals surface area contributed by atoms with Crippen molar-refractivity contribution in [2.45, 2.75) is 94.5 Å². The first-order chi connectivity index (χ1) is 12.9. The van der Waals surface area contributed by atoms with Crippen molar-refractivity contribution in [2.75, 3.05) is 6.26 Å². The van der Waals surface area contributed by atoms with Crippen LogP contribution >= 0.6 is 11.8 Å². The van der Waals surface area contributed by atoms with Crippen LogP contribution in [0.25, 0.3) is 0 Å². The quantitative estimate of drug-likeness (QED) is 0.358. The topological polar surface area (TPSA) is 63.2 Å². The van der Waals surface area contributed by atoms with Crippen LogP contribution in [0.4, 0.5) is 0 Å². The molecule has 0 aromatic carbocycles. The number of carbonyl (C=O) groups is 1. The summed E-state index contributed by atoms with van der Waals surface area (Å²) in [5.41, 5.74) is 0.